The highest BCUT2D eigenvalue weighted by Gasteiger charge is 2.45. The monoisotopic (exact) mass is 420 g/mol. The van der Waals surface area contributed by atoms with Gasteiger partial charge in [-0.05, 0) is 57.2 Å². The smallest absolute Gasteiger partial charge is 0.224 e. The fourth-order valence-corrected chi connectivity index (χ4v) is 4.95. The van der Waals surface area contributed by atoms with Crippen molar-refractivity contribution in [2.45, 2.75) is 63.2 Å². The van der Waals surface area contributed by atoms with E-state index < -0.39 is 11.5 Å². The molecule has 162 valence electrons. The van der Waals surface area contributed by atoms with Gasteiger partial charge < -0.3 is 19.8 Å². The van der Waals surface area contributed by atoms with Gasteiger partial charge in [-0.1, -0.05) is 12.1 Å². The third kappa shape index (κ3) is 3.57. The van der Waals surface area contributed by atoms with Crippen molar-refractivity contribution in [3.63, 3.8) is 0 Å². The fourth-order valence-electron chi connectivity index (χ4n) is 4.95. The summed E-state index contributed by atoms with van der Waals surface area (Å²) in [7, 11) is 1.78. The van der Waals surface area contributed by atoms with Crippen LogP contribution in [0.1, 0.15) is 61.4 Å². The van der Waals surface area contributed by atoms with Gasteiger partial charge in [-0.2, -0.15) is 4.98 Å². The Morgan fingerprint density at radius 1 is 1.19 bits per heavy atom. The Hall–Kier alpha value is -2.93. The molecule has 1 aliphatic carbocycles. The zero-order valence-electron chi connectivity index (χ0n) is 18.1. The quantitative estimate of drug-likeness (QED) is 0.648. The molecule has 0 amide bonds. The number of methoxy groups -OCH3 is 1. The Labute approximate surface area is 181 Å². The van der Waals surface area contributed by atoms with E-state index in [9.17, 15) is 4.79 Å². The highest BCUT2D eigenvalue weighted by molar-refractivity contribution is 6.06. The Morgan fingerprint density at radius 2 is 1.97 bits per heavy atom. The Bertz CT molecular complexity index is 1110. The molecule has 5 rings (SSSR count). The minimum Gasteiger partial charge on any atom is -0.486 e. The maximum absolute atomic E-state index is 13.4. The molecule has 1 aliphatic heterocycles. The predicted molar refractivity (Wildman–Crippen MR) is 119 cm³/mol. The maximum atomic E-state index is 13.4. The van der Waals surface area contributed by atoms with E-state index in [0.717, 1.165) is 42.3 Å². The van der Waals surface area contributed by atoms with Crippen molar-refractivity contribution in [3.05, 3.63) is 47.8 Å². The first kappa shape index (κ1) is 20.0. The molecule has 3 heterocycles. The molecule has 0 bridgehead atoms. The molecule has 0 saturated heterocycles. The molecule has 1 fully saturated rings. The Kier molecular flexibility index (Phi) is 4.93. The number of carbonyl (C=O) groups is 1. The van der Waals surface area contributed by atoms with Crippen molar-refractivity contribution >= 4 is 22.8 Å². The van der Waals surface area contributed by atoms with E-state index in [2.05, 4.69) is 20.3 Å². The van der Waals surface area contributed by atoms with Crippen molar-refractivity contribution in [2.75, 3.05) is 12.4 Å². The molecule has 1 aromatic carbocycles. The maximum Gasteiger partial charge on any atom is 0.224 e. The summed E-state index contributed by atoms with van der Waals surface area (Å²) in [6.45, 7) is 3.91. The molecule has 1 atom stereocenters. The van der Waals surface area contributed by atoms with Gasteiger partial charge in [0.1, 0.15) is 17.0 Å². The van der Waals surface area contributed by atoms with E-state index in [1.807, 2.05) is 44.3 Å². The first-order valence-corrected chi connectivity index (χ1v) is 10.9. The van der Waals surface area contributed by atoms with Crippen molar-refractivity contribution in [3.8, 4) is 5.75 Å². The molecule has 0 radical (unpaired) electrons. The third-order valence-electron chi connectivity index (χ3n) is 6.60. The SMILES string of the molecule is CO[C@H]1CC[C@@H](Nc2ncc3c(C4C(=O)c5ccccc5OC4(C)C)c[nH]c3n2)CC1. The van der Waals surface area contributed by atoms with Gasteiger partial charge in [0.15, 0.2) is 5.78 Å². The number of nitrogens with one attached hydrogen (secondary N) is 2. The number of rotatable bonds is 4. The number of nitrogens with zero attached hydrogens (tertiary/aromatic N) is 2. The molecular weight excluding hydrogens is 392 g/mol. The van der Waals surface area contributed by atoms with Crippen molar-refractivity contribution in [2.24, 2.45) is 0 Å². The zero-order chi connectivity index (χ0) is 21.6. The van der Waals surface area contributed by atoms with Gasteiger partial charge >= 0.3 is 0 Å². The molecule has 2 N–H and O–H groups in total. The number of carbonyl (C=O) groups excluding carboxylic acids is 1. The van der Waals surface area contributed by atoms with Gasteiger partial charge in [-0.15, -0.1) is 0 Å². The van der Waals surface area contributed by atoms with Gasteiger partial charge in [0.2, 0.25) is 5.95 Å². The molecule has 3 aromatic rings. The van der Waals surface area contributed by atoms with Crippen LogP contribution in [-0.2, 0) is 4.74 Å². The van der Waals surface area contributed by atoms with Crippen LogP contribution in [0.25, 0.3) is 11.0 Å². The lowest BCUT2D eigenvalue weighted by Gasteiger charge is -2.38. The van der Waals surface area contributed by atoms with Crippen LogP contribution in [0.4, 0.5) is 5.95 Å². The number of Topliss-reactive ketones (excluding diaryl/α,β-unsaturated/α-hetero) is 1. The summed E-state index contributed by atoms with van der Waals surface area (Å²) < 4.78 is 11.7. The second kappa shape index (κ2) is 7.64. The van der Waals surface area contributed by atoms with E-state index >= 15 is 0 Å². The van der Waals surface area contributed by atoms with Crippen LogP contribution in [0.15, 0.2) is 36.7 Å². The van der Waals surface area contributed by atoms with E-state index in [1.165, 1.54) is 0 Å². The number of H-pyrrole nitrogens is 1. The van der Waals surface area contributed by atoms with Crippen LogP contribution in [-0.4, -0.2) is 45.6 Å². The molecule has 2 aromatic heterocycles. The lowest BCUT2D eigenvalue weighted by atomic mass is 9.77. The van der Waals surface area contributed by atoms with Crippen LogP contribution < -0.4 is 10.1 Å². The molecule has 7 nitrogen and oxygen atoms in total. The van der Waals surface area contributed by atoms with Crippen molar-refractivity contribution < 1.29 is 14.3 Å². The van der Waals surface area contributed by atoms with E-state index in [4.69, 9.17) is 9.47 Å². The zero-order valence-corrected chi connectivity index (χ0v) is 18.1. The second-order valence-electron chi connectivity index (χ2n) is 9.05. The predicted octanol–water partition coefficient (Wildman–Crippen LogP) is 4.46. The summed E-state index contributed by atoms with van der Waals surface area (Å²) in [6.07, 6.45) is 8.20. The van der Waals surface area contributed by atoms with E-state index in [1.54, 1.807) is 13.3 Å². The minimum atomic E-state index is -0.683. The topological polar surface area (TPSA) is 89.1 Å². The molecule has 7 heteroatoms. The average molecular weight is 421 g/mol. The third-order valence-corrected chi connectivity index (χ3v) is 6.60. The molecular formula is C24H28N4O3. The van der Waals surface area contributed by atoms with Crippen molar-refractivity contribution in [1.29, 1.82) is 0 Å². The summed E-state index contributed by atoms with van der Waals surface area (Å²) in [5.41, 5.74) is 1.52. The normalized spacial score (nSPS) is 25.1. The van der Waals surface area contributed by atoms with Crippen molar-refractivity contribution in [1.82, 2.24) is 15.0 Å². The number of hydrogen-bond acceptors (Lipinski definition) is 6. The minimum absolute atomic E-state index is 0.0601. The van der Waals surface area contributed by atoms with Crippen LogP contribution in [0.5, 0.6) is 5.75 Å². The largest absolute Gasteiger partial charge is 0.486 e. The molecule has 0 spiro atoms. The number of para-hydroxylation sites is 1. The summed E-state index contributed by atoms with van der Waals surface area (Å²) in [4.78, 5) is 25.9. The van der Waals surface area contributed by atoms with Crippen LogP contribution >= 0.6 is 0 Å². The van der Waals surface area contributed by atoms with E-state index in [-0.39, 0.29) is 5.78 Å². The lowest BCUT2D eigenvalue weighted by Crippen LogP contribution is -2.44. The van der Waals surface area contributed by atoms with Gasteiger partial charge in [0.05, 0.1) is 17.6 Å². The second-order valence-corrected chi connectivity index (χ2v) is 9.05. The van der Waals surface area contributed by atoms with Gasteiger partial charge in [-0.25, -0.2) is 4.98 Å². The molecule has 31 heavy (non-hydrogen) atoms. The molecule has 2 aliphatic rings. The summed E-state index contributed by atoms with van der Waals surface area (Å²) in [6, 6.07) is 7.78. The Balaban J connectivity index is 1.42. The van der Waals surface area contributed by atoms with Crippen LogP contribution in [0.2, 0.25) is 0 Å². The fraction of sp³-hybridized carbons (Fsp3) is 0.458. The molecule has 1 saturated carbocycles. The number of fused-ring (bicyclic) bond motifs is 2. The first-order valence-electron chi connectivity index (χ1n) is 10.9. The Morgan fingerprint density at radius 3 is 2.74 bits per heavy atom. The summed E-state index contributed by atoms with van der Waals surface area (Å²) >= 11 is 0. The average Bonchev–Trinajstić information content (AvgIpc) is 3.16. The standard InChI is InChI=1S/C24H28N4O3/c1-24(2)20(21(29)16-6-4-5-7-19(16)31-24)17-12-25-22-18(17)13-26-23(28-22)27-14-8-10-15(30-3)11-9-14/h4-7,12-15,20H,8-11H2,1-3H3,(H2,25,26,27,28)/t14-,15+,20?. The van der Waals surface area contributed by atoms with E-state index in [0.29, 0.717) is 29.4 Å². The lowest BCUT2D eigenvalue weighted by molar-refractivity contribution is 0.0487. The number of benzene rings is 1. The number of ether oxygens (including phenoxy) is 2. The van der Waals surface area contributed by atoms with Gasteiger partial charge in [0.25, 0.3) is 0 Å². The molecule has 1 unspecified atom stereocenters. The number of aromatic nitrogens is 3. The number of aromatic amines is 1. The number of ketones is 1. The first-order chi connectivity index (χ1) is 15.0. The highest BCUT2D eigenvalue weighted by Crippen LogP contribution is 2.44. The highest BCUT2D eigenvalue weighted by atomic mass is 16.5. The van der Waals surface area contributed by atoms with Crippen LogP contribution in [0, 0.1) is 0 Å². The van der Waals surface area contributed by atoms with Crippen LogP contribution in [0.3, 0.4) is 0 Å². The van der Waals surface area contributed by atoms with Gasteiger partial charge in [-0.3, -0.25) is 4.79 Å². The number of hydrogen-bond donors (Lipinski definition) is 2. The number of anilines is 1. The summed E-state index contributed by atoms with van der Waals surface area (Å²) in [5.74, 6) is 0.866. The van der Waals surface area contributed by atoms with Gasteiger partial charge in [0, 0.05) is 30.9 Å². The summed E-state index contributed by atoms with van der Waals surface area (Å²) in [5, 5.41) is 4.31.